The van der Waals surface area contributed by atoms with Crippen molar-refractivity contribution in [3.05, 3.63) is 51.7 Å². The Kier molecular flexibility index (Phi) is 7.22. The van der Waals surface area contributed by atoms with Gasteiger partial charge >= 0.3 is 0 Å². The third-order valence-corrected chi connectivity index (χ3v) is 7.17. The standard InChI is InChI=1S/C20H25N3OS2.ClH/c1-25-17-4-2-14(3-5-17)18(12-22-20(24)16-10-21-11-16)23-8-6-19-15(13-23)7-9-26-19;/h2-5,7,9,16,18,21H,6,8,10-13H2,1H3,(H,22,24);1H. The average Bonchev–Trinajstić information content (AvgIpc) is 3.09. The highest BCUT2D eigenvalue weighted by Crippen LogP contribution is 2.31. The summed E-state index contributed by atoms with van der Waals surface area (Å²) < 4.78 is 0. The fourth-order valence-corrected chi connectivity index (χ4v) is 4.93. The molecule has 1 fully saturated rings. The van der Waals surface area contributed by atoms with Crippen molar-refractivity contribution in [1.82, 2.24) is 15.5 Å². The number of carbonyl (C=O) groups is 1. The molecule has 1 atom stereocenters. The molecular weight excluding hydrogens is 398 g/mol. The molecule has 2 aromatic rings. The first-order chi connectivity index (χ1) is 12.7. The lowest BCUT2D eigenvalue weighted by atomic mass is 9.99. The van der Waals surface area contributed by atoms with Crippen LogP contribution < -0.4 is 10.6 Å². The molecule has 1 aromatic carbocycles. The van der Waals surface area contributed by atoms with Gasteiger partial charge in [0.1, 0.15) is 0 Å². The van der Waals surface area contributed by atoms with Crippen LogP contribution in [0.5, 0.6) is 0 Å². The number of nitrogens with zero attached hydrogens (tertiary/aromatic N) is 1. The maximum Gasteiger partial charge on any atom is 0.225 e. The zero-order chi connectivity index (χ0) is 17.9. The molecule has 0 saturated carbocycles. The Morgan fingerprint density at radius 1 is 1.33 bits per heavy atom. The van der Waals surface area contributed by atoms with Gasteiger partial charge in [-0.1, -0.05) is 12.1 Å². The van der Waals surface area contributed by atoms with Crippen LogP contribution in [0, 0.1) is 5.92 Å². The molecule has 4 rings (SSSR count). The first kappa shape index (κ1) is 20.7. The number of hydrogen-bond donors (Lipinski definition) is 2. The maximum absolute atomic E-state index is 12.3. The molecule has 0 radical (unpaired) electrons. The van der Waals surface area contributed by atoms with Crippen molar-refractivity contribution in [3.63, 3.8) is 0 Å². The molecule has 3 heterocycles. The third-order valence-electron chi connectivity index (χ3n) is 5.40. The van der Waals surface area contributed by atoms with Crippen LogP contribution in [0.4, 0.5) is 0 Å². The number of thiophene rings is 1. The Morgan fingerprint density at radius 2 is 2.11 bits per heavy atom. The van der Waals surface area contributed by atoms with E-state index in [0.29, 0.717) is 6.54 Å². The van der Waals surface area contributed by atoms with Gasteiger partial charge in [-0.05, 0) is 47.4 Å². The monoisotopic (exact) mass is 423 g/mol. The molecule has 1 aromatic heterocycles. The molecule has 2 aliphatic heterocycles. The normalized spacial score (nSPS) is 18.1. The van der Waals surface area contributed by atoms with E-state index in [4.69, 9.17) is 0 Å². The SMILES string of the molecule is CSc1ccc(C(CNC(=O)C2CNC2)N2CCc3sccc3C2)cc1.Cl. The zero-order valence-corrected chi connectivity index (χ0v) is 17.9. The van der Waals surface area contributed by atoms with E-state index in [1.807, 2.05) is 11.3 Å². The van der Waals surface area contributed by atoms with Gasteiger partial charge in [0, 0.05) is 42.5 Å². The Balaban J connectivity index is 0.00000210. The molecule has 0 bridgehead atoms. The van der Waals surface area contributed by atoms with Gasteiger partial charge in [-0.2, -0.15) is 0 Å². The minimum Gasteiger partial charge on any atom is -0.354 e. The summed E-state index contributed by atoms with van der Waals surface area (Å²) in [4.78, 5) is 17.6. The molecule has 146 valence electrons. The number of fused-ring (bicyclic) bond motifs is 1. The van der Waals surface area contributed by atoms with Gasteiger partial charge in [0.15, 0.2) is 0 Å². The van der Waals surface area contributed by atoms with E-state index < -0.39 is 0 Å². The summed E-state index contributed by atoms with van der Waals surface area (Å²) in [5.74, 6) is 0.321. The zero-order valence-electron chi connectivity index (χ0n) is 15.4. The summed E-state index contributed by atoms with van der Waals surface area (Å²) in [7, 11) is 0. The number of thioether (sulfide) groups is 1. The van der Waals surface area contributed by atoms with Crippen LogP contribution in [0.15, 0.2) is 40.6 Å². The van der Waals surface area contributed by atoms with Crippen LogP contribution in [0.2, 0.25) is 0 Å². The predicted octanol–water partition coefficient (Wildman–Crippen LogP) is 3.33. The van der Waals surface area contributed by atoms with Gasteiger partial charge in [0.05, 0.1) is 12.0 Å². The number of amides is 1. The summed E-state index contributed by atoms with van der Waals surface area (Å²) in [6.45, 7) is 4.30. The van der Waals surface area contributed by atoms with Gasteiger partial charge in [-0.15, -0.1) is 35.5 Å². The van der Waals surface area contributed by atoms with E-state index >= 15 is 0 Å². The topological polar surface area (TPSA) is 44.4 Å². The van der Waals surface area contributed by atoms with Crippen LogP contribution >= 0.6 is 35.5 Å². The summed E-state index contributed by atoms with van der Waals surface area (Å²) in [6, 6.07) is 11.3. The second-order valence-electron chi connectivity index (χ2n) is 6.98. The Hall–Kier alpha value is -1.05. The van der Waals surface area contributed by atoms with Crippen molar-refractivity contribution in [2.24, 2.45) is 5.92 Å². The molecule has 2 aliphatic rings. The molecule has 0 aliphatic carbocycles. The molecule has 4 nitrogen and oxygen atoms in total. The Labute approximate surface area is 175 Å². The maximum atomic E-state index is 12.3. The van der Waals surface area contributed by atoms with E-state index in [1.165, 1.54) is 20.9 Å². The van der Waals surface area contributed by atoms with E-state index in [2.05, 4.69) is 57.5 Å². The molecule has 1 amide bonds. The van der Waals surface area contributed by atoms with E-state index in [-0.39, 0.29) is 30.3 Å². The lowest BCUT2D eigenvalue weighted by Crippen LogP contribution is -2.52. The van der Waals surface area contributed by atoms with Gasteiger partial charge in [-0.25, -0.2) is 0 Å². The highest BCUT2D eigenvalue weighted by atomic mass is 35.5. The van der Waals surface area contributed by atoms with Crippen molar-refractivity contribution >= 4 is 41.4 Å². The van der Waals surface area contributed by atoms with Crippen LogP contribution in [-0.4, -0.2) is 43.2 Å². The summed E-state index contributed by atoms with van der Waals surface area (Å²) in [6.07, 6.45) is 3.20. The lowest BCUT2D eigenvalue weighted by Gasteiger charge is -2.36. The van der Waals surface area contributed by atoms with Gasteiger partial charge < -0.3 is 10.6 Å². The minimum absolute atomic E-state index is 0. The van der Waals surface area contributed by atoms with E-state index in [1.54, 1.807) is 11.8 Å². The summed E-state index contributed by atoms with van der Waals surface area (Å²) in [5.41, 5.74) is 2.73. The van der Waals surface area contributed by atoms with Gasteiger partial charge in [0.2, 0.25) is 5.91 Å². The van der Waals surface area contributed by atoms with Crippen molar-refractivity contribution in [1.29, 1.82) is 0 Å². The Bertz CT molecular complexity index is 761. The molecule has 2 N–H and O–H groups in total. The second-order valence-corrected chi connectivity index (χ2v) is 8.86. The fraction of sp³-hybridized carbons (Fsp3) is 0.450. The lowest BCUT2D eigenvalue weighted by molar-refractivity contribution is -0.126. The van der Waals surface area contributed by atoms with Gasteiger partial charge in [-0.3, -0.25) is 9.69 Å². The van der Waals surface area contributed by atoms with Gasteiger partial charge in [0.25, 0.3) is 0 Å². The number of halogens is 1. The smallest absolute Gasteiger partial charge is 0.225 e. The molecule has 1 unspecified atom stereocenters. The summed E-state index contributed by atoms with van der Waals surface area (Å²) >= 11 is 3.63. The fourth-order valence-electron chi connectivity index (χ4n) is 3.64. The number of hydrogen-bond acceptors (Lipinski definition) is 5. The predicted molar refractivity (Wildman–Crippen MR) is 116 cm³/mol. The second kappa shape index (κ2) is 9.43. The largest absolute Gasteiger partial charge is 0.354 e. The molecule has 7 heteroatoms. The van der Waals surface area contributed by atoms with Crippen molar-refractivity contribution in [2.75, 3.05) is 32.4 Å². The minimum atomic E-state index is 0. The van der Waals surface area contributed by atoms with Crippen molar-refractivity contribution in [2.45, 2.75) is 23.9 Å². The van der Waals surface area contributed by atoms with Crippen LogP contribution in [-0.2, 0) is 17.8 Å². The van der Waals surface area contributed by atoms with Crippen molar-refractivity contribution < 1.29 is 4.79 Å². The number of nitrogens with one attached hydrogen (secondary N) is 2. The van der Waals surface area contributed by atoms with Crippen LogP contribution in [0.25, 0.3) is 0 Å². The first-order valence-electron chi connectivity index (χ1n) is 9.16. The van der Waals surface area contributed by atoms with Crippen LogP contribution in [0.1, 0.15) is 22.0 Å². The number of carbonyl (C=O) groups excluding carboxylic acids is 1. The third kappa shape index (κ3) is 4.69. The molecule has 27 heavy (non-hydrogen) atoms. The highest BCUT2D eigenvalue weighted by molar-refractivity contribution is 7.98. The first-order valence-corrected chi connectivity index (χ1v) is 11.3. The Morgan fingerprint density at radius 3 is 2.78 bits per heavy atom. The van der Waals surface area contributed by atoms with E-state index in [0.717, 1.165) is 32.6 Å². The quantitative estimate of drug-likeness (QED) is 0.699. The van der Waals surface area contributed by atoms with E-state index in [9.17, 15) is 4.79 Å². The van der Waals surface area contributed by atoms with Crippen LogP contribution in [0.3, 0.4) is 0 Å². The molecule has 1 saturated heterocycles. The highest BCUT2D eigenvalue weighted by Gasteiger charge is 2.28. The average molecular weight is 424 g/mol. The number of rotatable bonds is 6. The summed E-state index contributed by atoms with van der Waals surface area (Å²) in [5, 5.41) is 8.57. The van der Waals surface area contributed by atoms with Crippen molar-refractivity contribution in [3.8, 4) is 0 Å². The molecule has 0 spiro atoms. The number of benzene rings is 1. The molecular formula is C20H26ClN3OS2.